The van der Waals surface area contributed by atoms with E-state index in [0.29, 0.717) is 10.8 Å². The van der Waals surface area contributed by atoms with E-state index in [-0.39, 0.29) is 30.1 Å². The van der Waals surface area contributed by atoms with Crippen LogP contribution in [0.4, 0.5) is 14.5 Å². The number of nitrogens with one attached hydrogen (secondary N) is 1. The zero-order valence-electron chi connectivity index (χ0n) is 22.2. The molecule has 0 aliphatic rings. The Labute approximate surface area is 228 Å². The molecule has 0 unspecified atom stereocenters. The molecule has 0 fully saturated rings. The molecule has 0 radical (unpaired) electrons. The number of nitrogens with zero attached hydrogens (tertiary/aromatic N) is 2. The third kappa shape index (κ3) is 8.35. The lowest BCUT2D eigenvalue weighted by Gasteiger charge is -2.33. The Morgan fingerprint density at radius 1 is 0.872 bits per heavy atom. The van der Waals surface area contributed by atoms with Gasteiger partial charge in [0.1, 0.15) is 24.2 Å². The molecule has 3 aromatic rings. The number of sulfonamides is 1. The highest BCUT2D eigenvalue weighted by Gasteiger charge is 2.34. The maximum Gasteiger partial charge on any atom is 0.244 e. The van der Waals surface area contributed by atoms with Crippen molar-refractivity contribution in [2.45, 2.75) is 32.9 Å². The summed E-state index contributed by atoms with van der Waals surface area (Å²) >= 11 is 0. The van der Waals surface area contributed by atoms with E-state index in [1.165, 1.54) is 41.3 Å². The Kier molecular flexibility index (Phi) is 10.2. The van der Waals surface area contributed by atoms with Gasteiger partial charge in [-0.15, -0.1) is 0 Å². The van der Waals surface area contributed by atoms with Crippen molar-refractivity contribution in [1.82, 2.24) is 10.2 Å². The summed E-state index contributed by atoms with van der Waals surface area (Å²) < 4.78 is 55.4. The number of benzene rings is 3. The minimum Gasteiger partial charge on any atom is -0.354 e. The Bertz CT molecular complexity index is 1380. The zero-order chi connectivity index (χ0) is 28.6. The van der Waals surface area contributed by atoms with Crippen LogP contribution >= 0.6 is 0 Å². The van der Waals surface area contributed by atoms with Crippen molar-refractivity contribution in [1.29, 1.82) is 0 Å². The van der Waals surface area contributed by atoms with Crippen molar-refractivity contribution in [2.24, 2.45) is 5.92 Å². The molecule has 0 aromatic heterocycles. The zero-order valence-corrected chi connectivity index (χ0v) is 23.0. The summed E-state index contributed by atoms with van der Waals surface area (Å²) in [5, 5.41) is 2.84. The molecule has 0 saturated heterocycles. The molecule has 0 aliphatic heterocycles. The van der Waals surface area contributed by atoms with Gasteiger partial charge in [-0.1, -0.05) is 74.5 Å². The molecule has 0 aliphatic carbocycles. The number of hydrogen-bond donors (Lipinski definition) is 1. The van der Waals surface area contributed by atoms with Gasteiger partial charge in [0.2, 0.25) is 21.8 Å². The van der Waals surface area contributed by atoms with E-state index < -0.39 is 46.1 Å². The Morgan fingerprint density at radius 3 is 2.05 bits per heavy atom. The molecular weight excluding hydrogens is 524 g/mol. The molecule has 0 heterocycles. The first kappa shape index (κ1) is 29.8. The molecule has 10 heteroatoms. The fourth-order valence-electron chi connectivity index (χ4n) is 4.04. The van der Waals surface area contributed by atoms with E-state index in [0.717, 1.165) is 17.9 Å². The molecular formula is C29H33F2N3O4S. The van der Waals surface area contributed by atoms with Crippen LogP contribution in [0.25, 0.3) is 0 Å². The van der Waals surface area contributed by atoms with Gasteiger partial charge in [-0.3, -0.25) is 13.9 Å². The quantitative estimate of drug-likeness (QED) is 0.363. The van der Waals surface area contributed by atoms with Gasteiger partial charge >= 0.3 is 0 Å². The maximum atomic E-state index is 14.7. The SMILES string of the molecule is CC(C)CNC(=O)[C@@H](Cc1ccccc1)N(Cc1ccccc1F)C(=O)CN(c1ccccc1F)S(C)(=O)=O. The Morgan fingerprint density at radius 2 is 1.46 bits per heavy atom. The first-order chi connectivity index (χ1) is 18.5. The predicted molar refractivity (Wildman–Crippen MR) is 147 cm³/mol. The molecule has 208 valence electrons. The third-order valence-corrected chi connectivity index (χ3v) is 7.18. The van der Waals surface area contributed by atoms with Crippen LogP contribution in [0.1, 0.15) is 25.0 Å². The standard InChI is InChI=1S/C29H33F2N3O4S/c1-21(2)18-32-29(36)27(17-22-11-5-4-6-12-22)33(19-23-13-7-8-14-24(23)30)28(35)20-34(39(3,37)38)26-16-10-9-15-25(26)31/h4-16,21,27H,17-20H2,1-3H3,(H,32,36)/t27-/m1/s1. The summed E-state index contributed by atoms with van der Waals surface area (Å²) in [6.45, 7) is 3.11. The lowest BCUT2D eigenvalue weighted by Crippen LogP contribution is -2.53. The van der Waals surface area contributed by atoms with Gasteiger partial charge in [-0.25, -0.2) is 17.2 Å². The van der Waals surface area contributed by atoms with Crippen LogP contribution in [0.15, 0.2) is 78.9 Å². The number of halogens is 2. The van der Waals surface area contributed by atoms with E-state index in [2.05, 4.69) is 5.32 Å². The largest absolute Gasteiger partial charge is 0.354 e. The molecule has 1 atom stereocenters. The van der Waals surface area contributed by atoms with Crippen LogP contribution in [0.2, 0.25) is 0 Å². The monoisotopic (exact) mass is 557 g/mol. The molecule has 0 spiro atoms. The molecule has 3 aromatic carbocycles. The Balaban J connectivity index is 2.06. The second-order valence-corrected chi connectivity index (χ2v) is 11.6. The van der Waals surface area contributed by atoms with E-state index in [1.54, 1.807) is 30.3 Å². The van der Waals surface area contributed by atoms with Gasteiger partial charge in [-0.05, 0) is 29.7 Å². The minimum atomic E-state index is -4.11. The summed E-state index contributed by atoms with van der Waals surface area (Å²) in [4.78, 5) is 28.5. The van der Waals surface area contributed by atoms with Crippen molar-refractivity contribution < 1.29 is 26.8 Å². The Hall–Kier alpha value is -3.79. The summed E-state index contributed by atoms with van der Waals surface area (Å²) in [5.41, 5.74) is 0.600. The van der Waals surface area contributed by atoms with Crippen molar-refractivity contribution >= 4 is 27.5 Å². The molecule has 0 bridgehead atoms. The average Bonchev–Trinajstić information content (AvgIpc) is 2.89. The molecule has 0 saturated carbocycles. The lowest BCUT2D eigenvalue weighted by atomic mass is 10.0. The smallest absolute Gasteiger partial charge is 0.244 e. The fraction of sp³-hybridized carbons (Fsp3) is 0.310. The number of carbonyl (C=O) groups is 2. The van der Waals surface area contributed by atoms with E-state index in [4.69, 9.17) is 0 Å². The number of amides is 2. The highest BCUT2D eigenvalue weighted by molar-refractivity contribution is 7.92. The van der Waals surface area contributed by atoms with Gasteiger partial charge < -0.3 is 10.2 Å². The molecule has 3 rings (SSSR count). The van der Waals surface area contributed by atoms with E-state index >= 15 is 0 Å². The molecule has 2 amide bonds. The minimum absolute atomic E-state index is 0.101. The first-order valence-electron chi connectivity index (χ1n) is 12.5. The van der Waals surface area contributed by atoms with Gasteiger partial charge in [0.15, 0.2) is 0 Å². The third-order valence-electron chi connectivity index (χ3n) is 6.05. The molecule has 7 nitrogen and oxygen atoms in total. The van der Waals surface area contributed by atoms with E-state index in [1.807, 2.05) is 19.9 Å². The maximum absolute atomic E-state index is 14.7. The normalized spacial score (nSPS) is 12.2. The van der Waals surface area contributed by atoms with Gasteiger partial charge in [0.05, 0.1) is 11.9 Å². The van der Waals surface area contributed by atoms with Crippen molar-refractivity contribution in [2.75, 3.05) is 23.7 Å². The van der Waals surface area contributed by atoms with Crippen LogP contribution < -0.4 is 9.62 Å². The fourth-order valence-corrected chi connectivity index (χ4v) is 4.89. The van der Waals surface area contributed by atoms with Crippen LogP contribution in [-0.2, 0) is 32.6 Å². The molecule has 1 N–H and O–H groups in total. The predicted octanol–water partition coefficient (Wildman–Crippen LogP) is 4.14. The highest BCUT2D eigenvalue weighted by atomic mass is 32.2. The number of carbonyl (C=O) groups excluding carboxylic acids is 2. The summed E-state index contributed by atoms with van der Waals surface area (Å²) in [5.74, 6) is -2.53. The highest BCUT2D eigenvalue weighted by Crippen LogP contribution is 2.23. The van der Waals surface area contributed by atoms with Crippen molar-refractivity contribution in [3.05, 3.63) is 102 Å². The van der Waals surface area contributed by atoms with Crippen LogP contribution in [0, 0.1) is 17.6 Å². The topological polar surface area (TPSA) is 86.8 Å². The van der Waals surface area contributed by atoms with Crippen molar-refractivity contribution in [3.8, 4) is 0 Å². The van der Waals surface area contributed by atoms with Crippen molar-refractivity contribution in [3.63, 3.8) is 0 Å². The van der Waals surface area contributed by atoms with Crippen LogP contribution in [0.5, 0.6) is 0 Å². The average molecular weight is 558 g/mol. The van der Waals surface area contributed by atoms with Gasteiger partial charge in [0.25, 0.3) is 0 Å². The van der Waals surface area contributed by atoms with Gasteiger partial charge in [0, 0.05) is 25.1 Å². The number of anilines is 1. The second-order valence-electron chi connectivity index (χ2n) is 9.68. The second kappa shape index (κ2) is 13.3. The first-order valence-corrected chi connectivity index (χ1v) is 14.4. The van der Waals surface area contributed by atoms with Crippen LogP contribution in [-0.4, -0.2) is 50.5 Å². The number of para-hydroxylation sites is 1. The molecule has 39 heavy (non-hydrogen) atoms. The summed E-state index contributed by atoms with van der Waals surface area (Å²) in [6.07, 6.45) is 0.967. The lowest BCUT2D eigenvalue weighted by molar-refractivity contribution is -0.140. The van der Waals surface area contributed by atoms with Gasteiger partial charge in [-0.2, -0.15) is 0 Å². The summed E-state index contributed by atoms with van der Waals surface area (Å²) in [6, 6.07) is 19.0. The number of hydrogen-bond acceptors (Lipinski definition) is 4. The summed E-state index contributed by atoms with van der Waals surface area (Å²) in [7, 11) is -4.11. The van der Waals surface area contributed by atoms with E-state index in [9.17, 15) is 26.8 Å². The van der Waals surface area contributed by atoms with Crippen LogP contribution in [0.3, 0.4) is 0 Å². The number of rotatable bonds is 12.